The molecule has 2 aromatic rings. The summed E-state index contributed by atoms with van der Waals surface area (Å²) in [6, 6.07) is 8.64. The summed E-state index contributed by atoms with van der Waals surface area (Å²) < 4.78 is 31.5. The van der Waals surface area contributed by atoms with Gasteiger partial charge in [0.1, 0.15) is 5.56 Å². The van der Waals surface area contributed by atoms with E-state index in [1.165, 1.54) is 4.31 Å². The zero-order valence-electron chi connectivity index (χ0n) is 15.4. The molecule has 0 bridgehead atoms. The number of rotatable bonds is 6. The first-order valence-electron chi connectivity index (χ1n) is 8.98. The van der Waals surface area contributed by atoms with Crippen LogP contribution in [-0.4, -0.2) is 38.2 Å². The number of anilines is 2. The van der Waals surface area contributed by atoms with Gasteiger partial charge in [-0.05, 0) is 62.6 Å². The van der Waals surface area contributed by atoms with Crippen molar-refractivity contribution in [2.45, 2.75) is 26.7 Å². The molecule has 1 aliphatic heterocycles. The Kier molecular flexibility index (Phi) is 5.65. The van der Waals surface area contributed by atoms with Crippen LogP contribution in [0.5, 0.6) is 5.88 Å². The minimum Gasteiger partial charge on any atom is -0.477 e. The molecule has 0 atom stereocenters. The Labute approximate surface area is 159 Å². The molecule has 1 amide bonds. The third-order valence-corrected chi connectivity index (χ3v) is 6.19. The minimum absolute atomic E-state index is 0.0616. The summed E-state index contributed by atoms with van der Waals surface area (Å²) >= 11 is 0. The molecule has 7 nitrogen and oxygen atoms in total. The normalized spacial score (nSPS) is 13.8. The van der Waals surface area contributed by atoms with Crippen LogP contribution in [0.25, 0.3) is 0 Å². The number of pyridine rings is 1. The number of aromatic nitrogens is 1. The highest BCUT2D eigenvalue weighted by Gasteiger charge is 2.26. The third-order valence-electron chi connectivity index (χ3n) is 4.41. The second kappa shape index (κ2) is 7.96. The van der Waals surface area contributed by atoms with Gasteiger partial charge in [0.15, 0.2) is 0 Å². The Morgan fingerprint density at radius 1 is 1.30 bits per heavy atom. The summed E-state index contributed by atoms with van der Waals surface area (Å²) in [4.78, 5) is 16.7. The van der Waals surface area contributed by atoms with Gasteiger partial charge in [-0.25, -0.2) is 13.4 Å². The van der Waals surface area contributed by atoms with Crippen molar-refractivity contribution in [3.05, 3.63) is 47.7 Å². The zero-order chi connectivity index (χ0) is 19.4. The highest BCUT2D eigenvalue weighted by molar-refractivity contribution is 7.92. The molecule has 0 saturated carbocycles. The average molecular weight is 389 g/mol. The molecule has 8 heteroatoms. The summed E-state index contributed by atoms with van der Waals surface area (Å²) in [5.74, 6) is 0.0302. The van der Waals surface area contributed by atoms with Crippen LogP contribution in [0.2, 0.25) is 0 Å². The van der Waals surface area contributed by atoms with Crippen LogP contribution in [0.3, 0.4) is 0 Å². The Balaban J connectivity index is 1.85. The van der Waals surface area contributed by atoms with E-state index < -0.39 is 10.0 Å². The molecule has 0 spiro atoms. The first-order chi connectivity index (χ1) is 13.0. The predicted octanol–water partition coefficient (Wildman–Crippen LogP) is 2.83. The maximum atomic E-state index is 12.6. The molecule has 0 aliphatic carbocycles. The molecular formula is C19H23N3O4S. The van der Waals surface area contributed by atoms with Gasteiger partial charge in [-0.15, -0.1) is 0 Å². The van der Waals surface area contributed by atoms with Gasteiger partial charge in [0, 0.05) is 18.4 Å². The number of nitrogens with zero attached hydrogens (tertiary/aromatic N) is 2. The number of fused-ring (bicyclic) bond motifs is 1. The SMILES string of the molecule is CCOc1ncccc1C(=O)Nc1ccc2c(c1)CCCN2S(=O)(=O)CC. The lowest BCUT2D eigenvalue weighted by molar-refractivity contribution is 0.102. The van der Waals surface area contributed by atoms with Crippen LogP contribution in [-0.2, 0) is 16.4 Å². The summed E-state index contributed by atoms with van der Waals surface area (Å²) in [5, 5.41) is 2.85. The number of sulfonamides is 1. The number of ether oxygens (including phenoxy) is 1. The molecule has 0 unspecified atom stereocenters. The average Bonchev–Trinajstić information content (AvgIpc) is 2.68. The van der Waals surface area contributed by atoms with Crippen molar-refractivity contribution in [2.24, 2.45) is 0 Å². The molecule has 3 rings (SSSR count). The van der Waals surface area contributed by atoms with E-state index in [1.54, 1.807) is 37.4 Å². The van der Waals surface area contributed by atoms with Crippen LogP contribution in [0.4, 0.5) is 11.4 Å². The Hall–Kier alpha value is -2.61. The van der Waals surface area contributed by atoms with Crippen LogP contribution in [0.1, 0.15) is 36.2 Å². The molecule has 0 radical (unpaired) electrons. The van der Waals surface area contributed by atoms with Crippen molar-refractivity contribution in [1.29, 1.82) is 0 Å². The minimum atomic E-state index is -3.30. The van der Waals surface area contributed by atoms with Crippen molar-refractivity contribution < 1.29 is 17.9 Å². The zero-order valence-corrected chi connectivity index (χ0v) is 16.3. The van der Waals surface area contributed by atoms with E-state index in [-0.39, 0.29) is 17.5 Å². The Morgan fingerprint density at radius 3 is 2.85 bits per heavy atom. The van der Waals surface area contributed by atoms with Gasteiger partial charge < -0.3 is 10.1 Å². The van der Waals surface area contributed by atoms with E-state index in [1.807, 2.05) is 13.0 Å². The molecule has 1 aromatic carbocycles. The van der Waals surface area contributed by atoms with Gasteiger partial charge >= 0.3 is 0 Å². The number of hydrogen-bond acceptors (Lipinski definition) is 5. The molecular weight excluding hydrogens is 366 g/mol. The predicted molar refractivity (Wildman–Crippen MR) is 105 cm³/mol. The first-order valence-corrected chi connectivity index (χ1v) is 10.6. The number of aryl methyl sites for hydroxylation is 1. The van der Waals surface area contributed by atoms with E-state index in [0.717, 1.165) is 18.4 Å². The van der Waals surface area contributed by atoms with E-state index in [2.05, 4.69) is 10.3 Å². The van der Waals surface area contributed by atoms with Crippen LogP contribution < -0.4 is 14.4 Å². The van der Waals surface area contributed by atoms with Gasteiger partial charge in [0.05, 0.1) is 18.0 Å². The van der Waals surface area contributed by atoms with Crippen molar-refractivity contribution in [1.82, 2.24) is 4.98 Å². The van der Waals surface area contributed by atoms with Gasteiger partial charge in [0.25, 0.3) is 5.91 Å². The number of nitrogens with one attached hydrogen (secondary N) is 1. The van der Waals surface area contributed by atoms with Crippen molar-refractivity contribution in [2.75, 3.05) is 28.5 Å². The molecule has 1 aromatic heterocycles. The number of hydrogen-bond donors (Lipinski definition) is 1. The highest BCUT2D eigenvalue weighted by atomic mass is 32.2. The lowest BCUT2D eigenvalue weighted by Crippen LogP contribution is -2.36. The highest BCUT2D eigenvalue weighted by Crippen LogP contribution is 2.32. The quantitative estimate of drug-likeness (QED) is 0.821. The summed E-state index contributed by atoms with van der Waals surface area (Å²) in [5.41, 5.74) is 2.57. The first kappa shape index (κ1) is 19.2. The topological polar surface area (TPSA) is 88.6 Å². The number of carbonyl (C=O) groups is 1. The lowest BCUT2D eigenvalue weighted by Gasteiger charge is -2.30. The van der Waals surface area contributed by atoms with Gasteiger partial charge in [0.2, 0.25) is 15.9 Å². The van der Waals surface area contributed by atoms with Crippen LogP contribution in [0.15, 0.2) is 36.5 Å². The second-order valence-electron chi connectivity index (χ2n) is 6.16. The Morgan fingerprint density at radius 2 is 2.11 bits per heavy atom. The largest absolute Gasteiger partial charge is 0.477 e. The molecule has 27 heavy (non-hydrogen) atoms. The maximum Gasteiger partial charge on any atom is 0.261 e. The molecule has 0 saturated heterocycles. The number of benzene rings is 1. The fourth-order valence-corrected chi connectivity index (χ4v) is 4.30. The van der Waals surface area contributed by atoms with Gasteiger partial charge in [-0.3, -0.25) is 9.10 Å². The van der Waals surface area contributed by atoms with Crippen molar-refractivity contribution >= 4 is 27.3 Å². The van der Waals surface area contributed by atoms with E-state index in [4.69, 9.17) is 4.74 Å². The number of amides is 1. The van der Waals surface area contributed by atoms with Crippen LogP contribution in [0, 0.1) is 0 Å². The van der Waals surface area contributed by atoms with Gasteiger partial charge in [-0.1, -0.05) is 0 Å². The van der Waals surface area contributed by atoms with E-state index in [0.29, 0.717) is 30.1 Å². The fourth-order valence-electron chi connectivity index (χ4n) is 3.10. The molecule has 2 heterocycles. The summed E-state index contributed by atoms with van der Waals surface area (Å²) in [6.07, 6.45) is 3.09. The van der Waals surface area contributed by atoms with Crippen molar-refractivity contribution in [3.63, 3.8) is 0 Å². The van der Waals surface area contributed by atoms with E-state index in [9.17, 15) is 13.2 Å². The smallest absolute Gasteiger partial charge is 0.261 e. The summed E-state index contributed by atoms with van der Waals surface area (Å²) in [6.45, 7) is 4.37. The fraction of sp³-hybridized carbons (Fsp3) is 0.368. The van der Waals surface area contributed by atoms with Crippen molar-refractivity contribution in [3.8, 4) is 5.88 Å². The number of carbonyl (C=O) groups excluding carboxylic acids is 1. The van der Waals surface area contributed by atoms with Gasteiger partial charge in [-0.2, -0.15) is 0 Å². The van der Waals surface area contributed by atoms with E-state index >= 15 is 0 Å². The molecule has 0 fully saturated rings. The van der Waals surface area contributed by atoms with Crippen LogP contribution >= 0.6 is 0 Å². The molecule has 1 N–H and O–H groups in total. The Bertz CT molecular complexity index is 944. The lowest BCUT2D eigenvalue weighted by atomic mass is 10.0. The standard InChI is InChI=1S/C19H23N3O4S/c1-3-26-19-16(8-5-11-20-19)18(23)21-15-9-10-17-14(13-15)7-6-12-22(17)27(24,25)4-2/h5,8-11,13H,3-4,6-7,12H2,1-2H3,(H,21,23). The molecule has 144 valence electrons. The third kappa shape index (κ3) is 4.05. The summed E-state index contributed by atoms with van der Waals surface area (Å²) in [7, 11) is -3.30. The molecule has 1 aliphatic rings. The maximum absolute atomic E-state index is 12.6. The monoisotopic (exact) mass is 389 g/mol. The second-order valence-corrected chi connectivity index (χ2v) is 8.34.